The molecule has 1 aliphatic carbocycles. The fraction of sp³-hybridized carbons (Fsp3) is 0.400. The van der Waals surface area contributed by atoms with Crippen molar-refractivity contribution >= 4 is 5.69 Å². The van der Waals surface area contributed by atoms with Crippen molar-refractivity contribution in [2.75, 3.05) is 5.32 Å². The van der Waals surface area contributed by atoms with E-state index in [9.17, 15) is 5.11 Å². The van der Waals surface area contributed by atoms with Gasteiger partial charge in [-0.15, -0.1) is 0 Å². The Hall–Kier alpha value is -1.81. The van der Waals surface area contributed by atoms with Crippen LogP contribution >= 0.6 is 0 Å². The minimum Gasteiger partial charge on any atom is -0.393 e. The molecule has 1 aromatic carbocycles. The van der Waals surface area contributed by atoms with Crippen LogP contribution < -0.4 is 5.32 Å². The Morgan fingerprint density at radius 2 is 1.84 bits per heavy atom. The predicted octanol–water partition coefficient (Wildman–Crippen LogP) is 2.79. The first-order valence-corrected chi connectivity index (χ1v) is 6.84. The highest BCUT2D eigenvalue weighted by Gasteiger charge is 2.18. The van der Waals surface area contributed by atoms with E-state index in [0.29, 0.717) is 6.04 Å². The zero-order chi connectivity index (χ0) is 13.1. The van der Waals surface area contributed by atoms with Crippen molar-refractivity contribution in [2.45, 2.75) is 37.8 Å². The highest BCUT2D eigenvalue weighted by atomic mass is 16.3. The van der Waals surface area contributed by atoms with Crippen LogP contribution in [0.4, 0.5) is 5.69 Å². The number of hydrogen-bond donors (Lipinski definition) is 3. The molecule has 4 heteroatoms. The van der Waals surface area contributed by atoms with Crippen LogP contribution in [0.25, 0.3) is 11.3 Å². The molecule has 3 N–H and O–H groups in total. The number of anilines is 1. The quantitative estimate of drug-likeness (QED) is 0.792. The van der Waals surface area contributed by atoms with Crippen molar-refractivity contribution in [1.29, 1.82) is 0 Å². The molecule has 3 rings (SSSR count). The third-order valence-corrected chi connectivity index (χ3v) is 3.76. The number of nitrogens with one attached hydrogen (secondary N) is 2. The third kappa shape index (κ3) is 2.96. The third-order valence-electron chi connectivity index (χ3n) is 3.76. The molecular weight excluding hydrogens is 238 g/mol. The van der Waals surface area contributed by atoms with Gasteiger partial charge in [0.2, 0.25) is 0 Å². The second-order valence-corrected chi connectivity index (χ2v) is 5.19. The molecule has 0 atom stereocenters. The number of H-pyrrole nitrogens is 1. The summed E-state index contributed by atoms with van der Waals surface area (Å²) in [6.45, 7) is 0. The fourth-order valence-electron chi connectivity index (χ4n) is 2.62. The minimum absolute atomic E-state index is 0.0965. The molecule has 1 fully saturated rings. The summed E-state index contributed by atoms with van der Waals surface area (Å²) in [7, 11) is 0. The first kappa shape index (κ1) is 12.2. The van der Waals surface area contributed by atoms with Crippen LogP contribution in [0.1, 0.15) is 25.7 Å². The van der Waals surface area contributed by atoms with Gasteiger partial charge in [-0.05, 0) is 43.4 Å². The summed E-state index contributed by atoms with van der Waals surface area (Å²) in [5.41, 5.74) is 3.32. The lowest BCUT2D eigenvalue weighted by molar-refractivity contribution is 0.126. The van der Waals surface area contributed by atoms with Crippen LogP contribution in [0.3, 0.4) is 0 Å². The molecule has 1 heterocycles. The van der Waals surface area contributed by atoms with Gasteiger partial charge in [0.05, 0.1) is 24.3 Å². The van der Waals surface area contributed by atoms with Crippen LogP contribution in [0.2, 0.25) is 0 Å². The Morgan fingerprint density at radius 3 is 2.47 bits per heavy atom. The molecule has 2 aromatic rings. The van der Waals surface area contributed by atoms with Gasteiger partial charge in [-0.2, -0.15) is 0 Å². The molecule has 100 valence electrons. The topological polar surface area (TPSA) is 60.9 Å². The maximum Gasteiger partial charge on any atom is 0.0924 e. The average Bonchev–Trinajstić information content (AvgIpc) is 2.96. The van der Waals surface area contributed by atoms with Crippen molar-refractivity contribution < 1.29 is 5.11 Å². The molecule has 0 saturated heterocycles. The number of benzene rings is 1. The van der Waals surface area contributed by atoms with Crippen molar-refractivity contribution in [3.05, 3.63) is 36.8 Å². The second kappa shape index (κ2) is 5.45. The van der Waals surface area contributed by atoms with E-state index in [1.165, 1.54) is 0 Å². The van der Waals surface area contributed by atoms with Gasteiger partial charge >= 0.3 is 0 Å². The smallest absolute Gasteiger partial charge is 0.0924 e. The Labute approximate surface area is 112 Å². The summed E-state index contributed by atoms with van der Waals surface area (Å²) < 4.78 is 0. The Kier molecular flexibility index (Phi) is 3.51. The standard InChI is InChI=1S/C15H19N3O/c19-14-7-5-13(6-8-14)18-12-3-1-11(2-4-12)15-9-16-10-17-15/h1-4,9-10,13-14,18-19H,5-8H2,(H,16,17). The normalized spacial score (nSPS) is 23.2. The number of hydrogen-bond acceptors (Lipinski definition) is 3. The van der Waals surface area contributed by atoms with Gasteiger partial charge in [-0.25, -0.2) is 4.98 Å². The Bertz CT molecular complexity index is 499. The lowest BCUT2D eigenvalue weighted by Gasteiger charge is -2.27. The van der Waals surface area contributed by atoms with Gasteiger partial charge in [-0.1, -0.05) is 12.1 Å². The van der Waals surface area contributed by atoms with E-state index >= 15 is 0 Å². The maximum absolute atomic E-state index is 9.50. The van der Waals surface area contributed by atoms with Gasteiger partial charge in [0, 0.05) is 11.7 Å². The van der Waals surface area contributed by atoms with Gasteiger partial charge in [-0.3, -0.25) is 0 Å². The summed E-state index contributed by atoms with van der Waals surface area (Å²) in [6.07, 6.45) is 7.32. The number of aliphatic hydroxyl groups excluding tert-OH is 1. The van der Waals surface area contributed by atoms with Gasteiger partial charge < -0.3 is 15.4 Å². The molecule has 1 aromatic heterocycles. The van der Waals surface area contributed by atoms with E-state index in [2.05, 4.69) is 39.6 Å². The van der Waals surface area contributed by atoms with E-state index < -0.39 is 0 Å². The molecule has 4 nitrogen and oxygen atoms in total. The minimum atomic E-state index is -0.0965. The van der Waals surface area contributed by atoms with E-state index in [0.717, 1.165) is 42.6 Å². The highest BCUT2D eigenvalue weighted by molar-refractivity contribution is 5.62. The van der Waals surface area contributed by atoms with Crippen LogP contribution in [-0.4, -0.2) is 27.2 Å². The zero-order valence-corrected chi connectivity index (χ0v) is 10.8. The largest absolute Gasteiger partial charge is 0.393 e. The molecule has 0 aliphatic heterocycles. The molecule has 1 saturated carbocycles. The number of aromatic nitrogens is 2. The number of aromatic amines is 1. The lowest BCUT2D eigenvalue weighted by atomic mass is 9.93. The molecule has 0 spiro atoms. The van der Waals surface area contributed by atoms with Crippen LogP contribution in [0.15, 0.2) is 36.8 Å². The molecule has 0 amide bonds. The molecule has 1 aliphatic rings. The second-order valence-electron chi connectivity index (χ2n) is 5.19. The van der Waals surface area contributed by atoms with Crippen LogP contribution in [0.5, 0.6) is 0 Å². The lowest BCUT2D eigenvalue weighted by Crippen LogP contribution is -2.28. The summed E-state index contributed by atoms with van der Waals surface area (Å²) in [6, 6.07) is 8.87. The summed E-state index contributed by atoms with van der Waals surface area (Å²) in [5.74, 6) is 0. The SMILES string of the molecule is OC1CCC(Nc2ccc(-c3cnc[nH]3)cc2)CC1. The van der Waals surface area contributed by atoms with E-state index in [1.807, 2.05) is 6.20 Å². The number of imidazole rings is 1. The maximum atomic E-state index is 9.50. The Balaban J connectivity index is 1.63. The fourth-order valence-corrected chi connectivity index (χ4v) is 2.62. The molecular formula is C15H19N3O. The number of rotatable bonds is 3. The monoisotopic (exact) mass is 257 g/mol. The molecule has 0 bridgehead atoms. The average molecular weight is 257 g/mol. The van der Waals surface area contributed by atoms with Crippen molar-refractivity contribution in [2.24, 2.45) is 0 Å². The van der Waals surface area contributed by atoms with Crippen molar-refractivity contribution in [1.82, 2.24) is 9.97 Å². The van der Waals surface area contributed by atoms with E-state index in [1.54, 1.807) is 6.33 Å². The van der Waals surface area contributed by atoms with Gasteiger partial charge in [0.25, 0.3) is 0 Å². The summed E-state index contributed by atoms with van der Waals surface area (Å²) >= 11 is 0. The number of nitrogens with zero attached hydrogens (tertiary/aromatic N) is 1. The number of aliphatic hydroxyl groups is 1. The summed E-state index contributed by atoms with van der Waals surface area (Å²) in [4.78, 5) is 7.13. The van der Waals surface area contributed by atoms with Crippen LogP contribution in [0, 0.1) is 0 Å². The Morgan fingerprint density at radius 1 is 1.11 bits per heavy atom. The first-order chi connectivity index (χ1) is 9.31. The molecule has 0 radical (unpaired) electrons. The highest BCUT2D eigenvalue weighted by Crippen LogP contribution is 2.24. The predicted molar refractivity (Wildman–Crippen MR) is 75.9 cm³/mol. The van der Waals surface area contributed by atoms with E-state index in [4.69, 9.17) is 0 Å². The van der Waals surface area contributed by atoms with E-state index in [-0.39, 0.29) is 6.10 Å². The first-order valence-electron chi connectivity index (χ1n) is 6.84. The summed E-state index contributed by atoms with van der Waals surface area (Å²) in [5, 5.41) is 13.0. The van der Waals surface area contributed by atoms with Crippen LogP contribution in [-0.2, 0) is 0 Å². The van der Waals surface area contributed by atoms with Gasteiger partial charge in [0.15, 0.2) is 0 Å². The van der Waals surface area contributed by atoms with Crippen molar-refractivity contribution in [3.63, 3.8) is 0 Å². The van der Waals surface area contributed by atoms with Gasteiger partial charge in [0.1, 0.15) is 0 Å². The zero-order valence-electron chi connectivity index (χ0n) is 10.8. The molecule has 19 heavy (non-hydrogen) atoms. The molecule has 0 unspecified atom stereocenters. The van der Waals surface area contributed by atoms with Crippen molar-refractivity contribution in [3.8, 4) is 11.3 Å².